The van der Waals surface area contributed by atoms with Gasteiger partial charge in [-0.25, -0.2) is 13.2 Å². The SMILES string of the molecule is Cc1cccc(/C=C/C(=O)O)c1OCCCS(C)(=O)=O. The highest BCUT2D eigenvalue weighted by Crippen LogP contribution is 2.24. The van der Waals surface area contributed by atoms with E-state index in [0.717, 1.165) is 11.6 Å². The van der Waals surface area contributed by atoms with Gasteiger partial charge in [0.05, 0.1) is 12.4 Å². The maximum atomic E-state index is 11.0. The summed E-state index contributed by atoms with van der Waals surface area (Å²) in [6.45, 7) is 2.12. The molecule has 0 saturated heterocycles. The van der Waals surface area contributed by atoms with Gasteiger partial charge in [-0.2, -0.15) is 0 Å². The molecule has 6 heteroatoms. The standard InChI is InChI=1S/C14H18O5S/c1-11-5-3-6-12(7-8-13(15)16)14(11)19-9-4-10-20(2,17)18/h3,5-8H,4,9-10H2,1-2H3,(H,15,16)/b8-7+. The van der Waals surface area contributed by atoms with Gasteiger partial charge in [0.15, 0.2) is 0 Å². The van der Waals surface area contributed by atoms with Gasteiger partial charge < -0.3 is 9.84 Å². The molecule has 0 aliphatic heterocycles. The van der Waals surface area contributed by atoms with Crippen LogP contribution in [0, 0.1) is 6.92 Å². The van der Waals surface area contributed by atoms with Crippen LogP contribution in [0.2, 0.25) is 0 Å². The number of aryl methyl sites for hydroxylation is 1. The predicted molar refractivity (Wildman–Crippen MR) is 77.7 cm³/mol. The number of ether oxygens (including phenoxy) is 1. The molecule has 0 unspecified atom stereocenters. The Kier molecular flexibility index (Phi) is 5.76. The Balaban J connectivity index is 2.75. The zero-order valence-corrected chi connectivity index (χ0v) is 12.3. The van der Waals surface area contributed by atoms with Crippen molar-refractivity contribution in [3.63, 3.8) is 0 Å². The van der Waals surface area contributed by atoms with E-state index in [1.807, 2.05) is 13.0 Å². The molecule has 0 amide bonds. The summed E-state index contributed by atoms with van der Waals surface area (Å²) in [5.41, 5.74) is 1.53. The molecular weight excluding hydrogens is 280 g/mol. The lowest BCUT2D eigenvalue weighted by atomic mass is 10.1. The first kappa shape index (κ1) is 16.2. The van der Waals surface area contributed by atoms with Gasteiger partial charge in [-0.1, -0.05) is 18.2 Å². The Morgan fingerprint density at radius 2 is 2.10 bits per heavy atom. The van der Waals surface area contributed by atoms with Crippen LogP contribution in [-0.4, -0.2) is 38.1 Å². The first-order valence-electron chi connectivity index (χ1n) is 6.11. The fourth-order valence-corrected chi connectivity index (χ4v) is 2.30. The molecule has 0 aromatic heterocycles. The first-order valence-corrected chi connectivity index (χ1v) is 8.17. The van der Waals surface area contributed by atoms with E-state index >= 15 is 0 Å². The number of carbonyl (C=O) groups is 1. The number of rotatable bonds is 7. The third-order valence-electron chi connectivity index (χ3n) is 2.55. The summed E-state index contributed by atoms with van der Waals surface area (Å²) in [4.78, 5) is 10.5. The average molecular weight is 298 g/mol. The minimum Gasteiger partial charge on any atom is -0.493 e. The normalized spacial score (nSPS) is 11.7. The Bertz CT molecular complexity index is 602. The van der Waals surface area contributed by atoms with Gasteiger partial charge in [0.2, 0.25) is 0 Å². The highest BCUT2D eigenvalue weighted by atomic mass is 32.2. The van der Waals surface area contributed by atoms with Crippen molar-refractivity contribution in [2.45, 2.75) is 13.3 Å². The van der Waals surface area contributed by atoms with Gasteiger partial charge in [-0.3, -0.25) is 0 Å². The van der Waals surface area contributed by atoms with Crippen molar-refractivity contribution >= 4 is 21.9 Å². The van der Waals surface area contributed by atoms with Gasteiger partial charge in [-0.05, 0) is 25.0 Å². The van der Waals surface area contributed by atoms with Crippen molar-refractivity contribution in [3.8, 4) is 5.75 Å². The summed E-state index contributed by atoms with van der Waals surface area (Å²) >= 11 is 0. The highest BCUT2D eigenvalue weighted by molar-refractivity contribution is 7.90. The molecule has 0 fully saturated rings. The number of para-hydroxylation sites is 1. The maximum Gasteiger partial charge on any atom is 0.328 e. The van der Waals surface area contributed by atoms with E-state index in [1.165, 1.54) is 12.3 Å². The zero-order valence-electron chi connectivity index (χ0n) is 11.5. The van der Waals surface area contributed by atoms with Crippen molar-refractivity contribution in [3.05, 3.63) is 35.4 Å². The Morgan fingerprint density at radius 1 is 1.40 bits per heavy atom. The quantitative estimate of drug-likeness (QED) is 0.614. The van der Waals surface area contributed by atoms with Crippen molar-refractivity contribution in [1.82, 2.24) is 0 Å². The first-order chi connectivity index (χ1) is 9.29. The number of sulfone groups is 1. The lowest BCUT2D eigenvalue weighted by molar-refractivity contribution is -0.131. The Labute approximate surface area is 118 Å². The van der Waals surface area contributed by atoms with Gasteiger partial charge in [-0.15, -0.1) is 0 Å². The predicted octanol–water partition coefficient (Wildman–Crippen LogP) is 1.91. The summed E-state index contributed by atoms with van der Waals surface area (Å²) in [5.74, 6) is -0.382. The summed E-state index contributed by atoms with van der Waals surface area (Å²) < 4.78 is 27.6. The lowest BCUT2D eigenvalue weighted by Crippen LogP contribution is -2.08. The van der Waals surface area contributed by atoms with Gasteiger partial charge in [0.25, 0.3) is 0 Å². The molecule has 0 atom stereocenters. The van der Waals surface area contributed by atoms with Crippen LogP contribution in [-0.2, 0) is 14.6 Å². The van der Waals surface area contributed by atoms with Crippen LogP contribution in [0.4, 0.5) is 0 Å². The molecule has 0 heterocycles. The average Bonchev–Trinajstić information content (AvgIpc) is 2.32. The monoisotopic (exact) mass is 298 g/mol. The second-order valence-corrected chi connectivity index (χ2v) is 6.76. The van der Waals surface area contributed by atoms with Crippen molar-refractivity contribution in [2.24, 2.45) is 0 Å². The van der Waals surface area contributed by atoms with E-state index in [9.17, 15) is 13.2 Å². The van der Waals surface area contributed by atoms with Gasteiger partial charge in [0.1, 0.15) is 15.6 Å². The summed E-state index contributed by atoms with van der Waals surface area (Å²) in [7, 11) is -2.99. The molecular formula is C14H18O5S. The molecule has 1 aromatic rings. The van der Waals surface area contributed by atoms with Crippen LogP contribution >= 0.6 is 0 Å². The Hall–Kier alpha value is -1.82. The van der Waals surface area contributed by atoms with E-state index in [4.69, 9.17) is 9.84 Å². The topological polar surface area (TPSA) is 80.7 Å². The molecule has 0 radical (unpaired) electrons. The van der Waals surface area contributed by atoms with Crippen molar-refractivity contribution in [1.29, 1.82) is 0 Å². The van der Waals surface area contributed by atoms with Crippen LogP contribution in [0.25, 0.3) is 6.08 Å². The molecule has 1 rings (SSSR count). The van der Waals surface area contributed by atoms with Crippen LogP contribution in [0.3, 0.4) is 0 Å². The fraction of sp³-hybridized carbons (Fsp3) is 0.357. The second-order valence-electron chi connectivity index (χ2n) is 4.50. The molecule has 0 spiro atoms. The molecule has 20 heavy (non-hydrogen) atoms. The molecule has 0 bridgehead atoms. The maximum absolute atomic E-state index is 11.0. The minimum atomic E-state index is -2.99. The Morgan fingerprint density at radius 3 is 2.70 bits per heavy atom. The van der Waals surface area contributed by atoms with Gasteiger partial charge >= 0.3 is 5.97 Å². The zero-order chi connectivity index (χ0) is 15.2. The van der Waals surface area contributed by atoms with Crippen LogP contribution in [0.1, 0.15) is 17.5 Å². The number of carboxylic acid groups (broad SMARTS) is 1. The van der Waals surface area contributed by atoms with Crippen LogP contribution in [0.5, 0.6) is 5.75 Å². The third-order valence-corrected chi connectivity index (χ3v) is 3.58. The number of aliphatic carboxylic acids is 1. The molecule has 0 aliphatic carbocycles. The third kappa shape index (κ3) is 5.88. The number of hydrogen-bond acceptors (Lipinski definition) is 4. The van der Waals surface area contributed by atoms with Crippen molar-refractivity contribution < 1.29 is 23.1 Å². The van der Waals surface area contributed by atoms with Crippen molar-refractivity contribution in [2.75, 3.05) is 18.6 Å². The summed E-state index contributed by atoms with van der Waals surface area (Å²) in [5, 5.41) is 8.64. The molecule has 110 valence electrons. The molecule has 1 aromatic carbocycles. The van der Waals surface area contributed by atoms with E-state index in [-0.39, 0.29) is 12.4 Å². The molecule has 1 N–H and O–H groups in total. The van der Waals surface area contributed by atoms with E-state index in [0.29, 0.717) is 17.7 Å². The lowest BCUT2D eigenvalue weighted by Gasteiger charge is -2.11. The minimum absolute atomic E-state index is 0.0686. The van der Waals surface area contributed by atoms with E-state index < -0.39 is 15.8 Å². The largest absolute Gasteiger partial charge is 0.493 e. The summed E-state index contributed by atoms with van der Waals surface area (Å²) in [6, 6.07) is 5.41. The number of hydrogen-bond donors (Lipinski definition) is 1. The van der Waals surface area contributed by atoms with E-state index in [1.54, 1.807) is 12.1 Å². The van der Waals surface area contributed by atoms with E-state index in [2.05, 4.69) is 0 Å². The number of benzene rings is 1. The number of carboxylic acids is 1. The molecule has 5 nitrogen and oxygen atoms in total. The smallest absolute Gasteiger partial charge is 0.328 e. The molecule has 0 saturated carbocycles. The van der Waals surface area contributed by atoms with Gasteiger partial charge in [0, 0.05) is 17.9 Å². The fourth-order valence-electron chi connectivity index (χ4n) is 1.66. The highest BCUT2D eigenvalue weighted by Gasteiger charge is 2.06. The second kappa shape index (κ2) is 7.09. The van der Waals surface area contributed by atoms with Crippen LogP contribution < -0.4 is 4.74 Å². The summed E-state index contributed by atoms with van der Waals surface area (Å²) in [6.07, 6.45) is 4.08. The van der Waals surface area contributed by atoms with Crippen LogP contribution in [0.15, 0.2) is 24.3 Å². The molecule has 0 aliphatic rings.